The summed E-state index contributed by atoms with van der Waals surface area (Å²) >= 11 is 0. The lowest BCUT2D eigenvalue weighted by molar-refractivity contribution is -0.384. The van der Waals surface area contributed by atoms with Crippen molar-refractivity contribution >= 4 is 37.8 Å². The number of benzene rings is 1. The zero-order chi connectivity index (χ0) is 22.0. The highest BCUT2D eigenvalue weighted by molar-refractivity contribution is 7.09. The van der Waals surface area contributed by atoms with Gasteiger partial charge in [0.1, 0.15) is 17.5 Å². The Morgan fingerprint density at radius 3 is 2.55 bits per heavy atom. The third kappa shape index (κ3) is 7.79. The summed E-state index contributed by atoms with van der Waals surface area (Å²) in [6.07, 6.45) is 0.636. The number of para-hydroxylation sites is 1. The van der Waals surface area contributed by atoms with Crippen LogP contribution in [0.2, 0.25) is 0 Å². The van der Waals surface area contributed by atoms with Crippen molar-refractivity contribution in [3.8, 4) is 0 Å². The van der Waals surface area contributed by atoms with Crippen LogP contribution in [-0.4, -0.2) is 40.8 Å². The molecule has 1 unspecified atom stereocenters. The van der Waals surface area contributed by atoms with E-state index in [1.807, 2.05) is 13.8 Å². The van der Waals surface area contributed by atoms with Crippen LogP contribution in [0.5, 0.6) is 0 Å². The molecule has 9 nitrogen and oxygen atoms in total. The summed E-state index contributed by atoms with van der Waals surface area (Å²) in [6.45, 7) is 9.63. The number of alkyl carbamates (subject to hydrolysis) is 1. The number of amides is 1. The third-order valence-electron chi connectivity index (χ3n) is 3.49. The number of pyridine rings is 1. The van der Waals surface area contributed by atoms with E-state index in [0.717, 1.165) is 0 Å². The number of carbonyl (C=O) groups is 1. The van der Waals surface area contributed by atoms with Crippen LogP contribution < -0.4 is 10.6 Å². The average molecular weight is 424 g/mol. The van der Waals surface area contributed by atoms with Crippen LogP contribution in [0.25, 0.3) is 10.9 Å². The number of carbonyl (C=O) groups excluding carboxylic acids is 1. The molecule has 0 spiro atoms. The van der Waals surface area contributed by atoms with Crippen LogP contribution in [0.15, 0.2) is 30.5 Å². The van der Waals surface area contributed by atoms with Gasteiger partial charge in [-0.05, 0) is 26.8 Å². The molecule has 1 heterocycles. The molecule has 0 saturated carbocycles. The van der Waals surface area contributed by atoms with Gasteiger partial charge in [0.25, 0.3) is 0 Å². The van der Waals surface area contributed by atoms with Crippen LogP contribution >= 0.6 is 9.47 Å². The fourth-order valence-corrected chi connectivity index (χ4v) is 2.65. The SMILES string of the molecule is CC.CC(C)(C)OC(=O)NC[C@@H](COP)Nc1c([N+](=O)[O-])cnc2ccccc12. The molecule has 0 aliphatic rings. The van der Waals surface area contributed by atoms with E-state index in [4.69, 9.17) is 9.26 Å². The number of fused-ring (bicyclic) bond motifs is 1. The molecule has 29 heavy (non-hydrogen) atoms. The molecule has 160 valence electrons. The number of nitrogens with zero attached hydrogens (tertiary/aromatic N) is 2. The van der Waals surface area contributed by atoms with Gasteiger partial charge < -0.3 is 19.9 Å². The van der Waals surface area contributed by atoms with Gasteiger partial charge in [0.15, 0.2) is 0 Å². The predicted octanol–water partition coefficient (Wildman–Crippen LogP) is 4.28. The van der Waals surface area contributed by atoms with E-state index in [9.17, 15) is 14.9 Å². The van der Waals surface area contributed by atoms with Gasteiger partial charge in [-0.25, -0.2) is 9.78 Å². The fraction of sp³-hybridized carbons (Fsp3) is 0.474. The van der Waals surface area contributed by atoms with Gasteiger partial charge in [-0.15, -0.1) is 0 Å². The Hall–Kier alpha value is -2.51. The number of anilines is 1. The first-order chi connectivity index (χ1) is 13.7. The second-order valence-corrected chi connectivity index (χ2v) is 7.18. The second kappa shape index (κ2) is 11.5. The van der Waals surface area contributed by atoms with Gasteiger partial charge in [0, 0.05) is 21.4 Å². The fourth-order valence-electron chi connectivity index (χ4n) is 2.41. The Kier molecular flexibility index (Phi) is 9.71. The predicted molar refractivity (Wildman–Crippen MR) is 117 cm³/mol. The summed E-state index contributed by atoms with van der Waals surface area (Å²) < 4.78 is 10.3. The zero-order valence-corrected chi connectivity index (χ0v) is 18.5. The highest BCUT2D eigenvalue weighted by Crippen LogP contribution is 2.31. The number of hydrogen-bond donors (Lipinski definition) is 2. The lowest BCUT2D eigenvalue weighted by Crippen LogP contribution is -2.41. The number of hydrogen-bond acceptors (Lipinski definition) is 7. The van der Waals surface area contributed by atoms with Crippen molar-refractivity contribution in [2.75, 3.05) is 18.5 Å². The first kappa shape index (κ1) is 24.5. The first-order valence-electron chi connectivity index (χ1n) is 9.28. The van der Waals surface area contributed by atoms with E-state index in [1.54, 1.807) is 45.0 Å². The second-order valence-electron chi connectivity index (χ2n) is 6.85. The van der Waals surface area contributed by atoms with E-state index < -0.39 is 22.7 Å². The summed E-state index contributed by atoms with van der Waals surface area (Å²) in [5, 5.41) is 17.8. The molecule has 0 radical (unpaired) electrons. The molecular weight excluding hydrogens is 395 g/mol. The molecule has 2 atom stereocenters. The summed E-state index contributed by atoms with van der Waals surface area (Å²) in [6, 6.07) is 6.67. The Bertz CT molecular complexity index is 826. The van der Waals surface area contributed by atoms with Gasteiger partial charge in [-0.3, -0.25) is 10.1 Å². The maximum atomic E-state index is 11.9. The van der Waals surface area contributed by atoms with Crippen LogP contribution in [-0.2, 0) is 9.26 Å². The average Bonchev–Trinajstić information content (AvgIpc) is 2.66. The van der Waals surface area contributed by atoms with Gasteiger partial charge in [-0.2, -0.15) is 0 Å². The number of aromatic nitrogens is 1. The molecule has 1 amide bonds. The summed E-state index contributed by atoms with van der Waals surface area (Å²) in [5.74, 6) is 0. The van der Waals surface area contributed by atoms with Crippen molar-refractivity contribution < 1.29 is 19.0 Å². The molecular formula is C19H29N4O5P. The molecule has 2 N–H and O–H groups in total. The van der Waals surface area contributed by atoms with Crippen molar-refractivity contribution in [3.05, 3.63) is 40.6 Å². The number of nitro groups is 1. The molecule has 0 aliphatic carbocycles. The van der Waals surface area contributed by atoms with Crippen molar-refractivity contribution in [2.45, 2.75) is 46.3 Å². The Morgan fingerprint density at radius 2 is 1.97 bits per heavy atom. The van der Waals surface area contributed by atoms with Crippen LogP contribution in [0, 0.1) is 10.1 Å². The monoisotopic (exact) mass is 424 g/mol. The minimum atomic E-state index is -0.621. The largest absolute Gasteiger partial charge is 0.444 e. The van der Waals surface area contributed by atoms with E-state index in [1.165, 1.54) is 6.20 Å². The van der Waals surface area contributed by atoms with Crippen molar-refractivity contribution in [1.82, 2.24) is 10.3 Å². The van der Waals surface area contributed by atoms with Crippen LogP contribution in [0.1, 0.15) is 34.6 Å². The van der Waals surface area contributed by atoms with Gasteiger partial charge in [-0.1, -0.05) is 32.0 Å². The highest BCUT2D eigenvalue weighted by Gasteiger charge is 2.22. The van der Waals surface area contributed by atoms with E-state index in [0.29, 0.717) is 16.6 Å². The van der Waals surface area contributed by atoms with Crippen molar-refractivity contribution in [3.63, 3.8) is 0 Å². The van der Waals surface area contributed by atoms with Crippen LogP contribution in [0.4, 0.5) is 16.2 Å². The molecule has 2 aromatic rings. The smallest absolute Gasteiger partial charge is 0.407 e. The minimum Gasteiger partial charge on any atom is -0.444 e. The topological polar surface area (TPSA) is 116 Å². The standard InChI is InChI=1S/C17H23N4O5P.C2H6/c1-17(2,3)26-16(22)19-8-11(10-25-27)20-15-12-6-4-5-7-13(12)18-9-14(15)21(23)24;1-2/h4-7,9,11H,8,10,27H2,1-3H3,(H,18,20)(H,19,22);1-2H3/t11-;/m0./s1. The lowest BCUT2D eigenvalue weighted by atomic mass is 10.1. The summed E-state index contributed by atoms with van der Waals surface area (Å²) in [7, 11) is 2.12. The Balaban J connectivity index is 0.00000204. The highest BCUT2D eigenvalue weighted by atomic mass is 31.0. The summed E-state index contributed by atoms with van der Waals surface area (Å²) in [4.78, 5) is 26.9. The van der Waals surface area contributed by atoms with Crippen molar-refractivity contribution in [2.24, 2.45) is 0 Å². The van der Waals surface area contributed by atoms with E-state index >= 15 is 0 Å². The Labute approximate surface area is 173 Å². The normalized spacial score (nSPS) is 11.8. The lowest BCUT2D eigenvalue weighted by Gasteiger charge is -2.23. The van der Waals surface area contributed by atoms with Gasteiger partial charge in [0.05, 0.1) is 23.1 Å². The first-order valence-corrected chi connectivity index (χ1v) is 9.75. The van der Waals surface area contributed by atoms with Gasteiger partial charge in [0.2, 0.25) is 0 Å². The molecule has 0 aliphatic heterocycles. The maximum Gasteiger partial charge on any atom is 0.407 e. The molecule has 1 aromatic carbocycles. The van der Waals surface area contributed by atoms with Gasteiger partial charge >= 0.3 is 11.8 Å². The maximum absolute atomic E-state index is 11.9. The van der Waals surface area contributed by atoms with Crippen LogP contribution in [0.3, 0.4) is 0 Å². The number of ether oxygens (including phenoxy) is 1. The minimum absolute atomic E-state index is 0.150. The third-order valence-corrected chi connectivity index (χ3v) is 3.68. The van der Waals surface area contributed by atoms with E-state index in [-0.39, 0.29) is 18.8 Å². The Morgan fingerprint density at radius 1 is 1.31 bits per heavy atom. The zero-order valence-electron chi connectivity index (χ0n) is 17.4. The molecule has 0 bridgehead atoms. The molecule has 10 heteroatoms. The number of rotatable bonds is 7. The number of nitrogens with one attached hydrogen (secondary N) is 2. The van der Waals surface area contributed by atoms with Crippen molar-refractivity contribution in [1.29, 1.82) is 0 Å². The quantitative estimate of drug-likeness (QED) is 0.387. The molecule has 2 rings (SSSR count). The molecule has 0 saturated heterocycles. The molecule has 1 aromatic heterocycles. The summed E-state index contributed by atoms with van der Waals surface area (Å²) in [5.41, 5.74) is 0.170. The van der Waals surface area contributed by atoms with E-state index in [2.05, 4.69) is 25.1 Å². The molecule has 0 fully saturated rings.